The average Bonchev–Trinajstić information content (AvgIpc) is 2.76. The molecule has 1 heterocycles. The Morgan fingerprint density at radius 3 is 1.85 bits per heavy atom. The highest BCUT2D eigenvalue weighted by Gasteiger charge is 2.42. The van der Waals surface area contributed by atoms with Crippen molar-refractivity contribution in [1.29, 1.82) is 0 Å². The van der Waals surface area contributed by atoms with Crippen molar-refractivity contribution in [1.82, 2.24) is 4.90 Å². The zero-order valence-electron chi connectivity index (χ0n) is 24.4. The molecule has 1 unspecified atom stereocenters. The molecule has 5 heteroatoms. The third kappa shape index (κ3) is 13.1. The quantitative estimate of drug-likeness (QED) is 0.137. The molecule has 34 heavy (non-hydrogen) atoms. The maximum absolute atomic E-state index is 7.09. The minimum Gasteiger partial charge on any atom is -0.413 e. The van der Waals surface area contributed by atoms with Gasteiger partial charge in [-0.1, -0.05) is 105 Å². The molecule has 0 aliphatic carbocycles. The molecule has 1 saturated heterocycles. The SMILES string of the molecule is CCCCCCCCCCCCC(CN1CCC(C)(CN)CC1)O[Si](C)(C)C(C)(C)CCC.Cl. The summed E-state index contributed by atoms with van der Waals surface area (Å²) in [4.78, 5) is 2.68. The van der Waals surface area contributed by atoms with Gasteiger partial charge in [0.05, 0.1) is 6.10 Å². The zero-order chi connectivity index (χ0) is 24.8. The number of likely N-dealkylation sites (tertiary alicyclic amines) is 1. The van der Waals surface area contributed by atoms with Crippen molar-refractivity contribution < 1.29 is 4.43 Å². The molecule has 1 rings (SSSR count). The third-order valence-electron chi connectivity index (χ3n) is 8.86. The van der Waals surface area contributed by atoms with Crippen LogP contribution >= 0.6 is 12.4 Å². The fourth-order valence-electron chi connectivity index (χ4n) is 5.32. The Labute approximate surface area is 222 Å². The van der Waals surface area contributed by atoms with Crippen LogP contribution in [0.1, 0.15) is 131 Å². The van der Waals surface area contributed by atoms with Crippen LogP contribution in [0.3, 0.4) is 0 Å². The molecule has 1 atom stereocenters. The number of nitrogens with two attached hydrogens (primary N) is 1. The normalized spacial score (nSPS) is 18.0. The van der Waals surface area contributed by atoms with Crippen LogP contribution in [0, 0.1) is 5.41 Å². The van der Waals surface area contributed by atoms with Crippen molar-refractivity contribution in [2.75, 3.05) is 26.2 Å². The van der Waals surface area contributed by atoms with E-state index in [0.717, 1.165) is 13.1 Å². The Morgan fingerprint density at radius 2 is 1.38 bits per heavy atom. The lowest BCUT2D eigenvalue weighted by atomic mass is 9.80. The predicted octanol–water partition coefficient (Wildman–Crippen LogP) is 8.95. The van der Waals surface area contributed by atoms with Crippen LogP contribution < -0.4 is 5.73 Å². The Balaban J connectivity index is 0.0000109. The summed E-state index contributed by atoms with van der Waals surface area (Å²) >= 11 is 0. The minimum atomic E-state index is -1.78. The molecule has 0 aromatic carbocycles. The number of hydrogen-bond donors (Lipinski definition) is 1. The van der Waals surface area contributed by atoms with Crippen LogP contribution in [0.25, 0.3) is 0 Å². The van der Waals surface area contributed by atoms with Gasteiger partial charge < -0.3 is 15.1 Å². The average molecular weight is 519 g/mol. The van der Waals surface area contributed by atoms with Gasteiger partial charge in [0, 0.05) is 6.54 Å². The molecule has 0 aromatic rings. The summed E-state index contributed by atoms with van der Waals surface area (Å²) in [5.74, 6) is 0. The second-order valence-corrected chi connectivity index (χ2v) is 17.3. The lowest BCUT2D eigenvalue weighted by Crippen LogP contribution is -2.50. The predicted molar refractivity (Wildman–Crippen MR) is 158 cm³/mol. The van der Waals surface area contributed by atoms with E-state index in [4.69, 9.17) is 10.2 Å². The molecule has 0 aromatic heterocycles. The highest BCUT2D eigenvalue weighted by atomic mass is 35.5. The van der Waals surface area contributed by atoms with E-state index >= 15 is 0 Å². The van der Waals surface area contributed by atoms with Gasteiger partial charge >= 0.3 is 0 Å². The standard InChI is InChI=1S/C29H62N2OSi.ClH/c1-8-10-11-12-13-14-15-16-17-18-19-27(32-33(6,7)28(3,4)20-9-2)25-31-23-21-29(5,26-30)22-24-31;/h27H,8-26,30H2,1-7H3;1H. The molecule has 0 radical (unpaired) electrons. The second kappa shape index (κ2) is 17.8. The number of unbranched alkanes of at least 4 members (excludes halogenated alkanes) is 9. The summed E-state index contributed by atoms with van der Waals surface area (Å²) < 4.78 is 7.09. The molecule has 1 aliphatic rings. The summed E-state index contributed by atoms with van der Waals surface area (Å²) in [6.07, 6.45) is 20.7. The molecule has 0 spiro atoms. The summed E-state index contributed by atoms with van der Waals surface area (Å²) in [6, 6.07) is 0. The number of nitrogens with zero attached hydrogens (tertiary/aromatic N) is 1. The van der Waals surface area contributed by atoms with E-state index in [1.54, 1.807) is 0 Å². The summed E-state index contributed by atoms with van der Waals surface area (Å²) in [6.45, 7) is 21.1. The van der Waals surface area contributed by atoms with E-state index in [9.17, 15) is 0 Å². The molecule has 0 bridgehead atoms. The summed E-state index contributed by atoms with van der Waals surface area (Å²) in [7, 11) is -1.78. The van der Waals surface area contributed by atoms with Gasteiger partial charge in [0.25, 0.3) is 0 Å². The molecule has 3 nitrogen and oxygen atoms in total. The van der Waals surface area contributed by atoms with Gasteiger partial charge in [-0.15, -0.1) is 12.4 Å². The first-order valence-corrected chi connectivity index (χ1v) is 17.6. The zero-order valence-corrected chi connectivity index (χ0v) is 26.2. The van der Waals surface area contributed by atoms with Crippen LogP contribution in [0.2, 0.25) is 18.1 Å². The monoisotopic (exact) mass is 518 g/mol. The van der Waals surface area contributed by atoms with Crippen LogP contribution in [0.5, 0.6) is 0 Å². The number of halogens is 1. The second-order valence-electron chi connectivity index (χ2n) is 12.7. The maximum atomic E-state index is 7.09. The van der Waals surface area contributed by atoms with Gasteiger partial charge in [-0.25, -0.2) is 0 Å². The summed E-state index contributed by atoms with van der Waals surface area (Å²) in [5, 5.41) is 0.331. The molecular weight excluding hydrogens is 456 g/mol. The minimum absolute atomic E-state index is 0. The van der Waals surface area contributed by atoms with Crippen molar-refractivity contribution in [2.45, 2.75) is 155 Å². The topological polar surface area (TPSA) is 38.5 Å². The van der Waals surface area contributed by atoms with E-state index in [1.165, 1.54) is 109 Å². The molecule has 1 aliphatic heterocycles. The first-order valence-electron chi connectivity index (χ1n) is 14.7. The number of rotatable bonds is 19. The van der Waals surface area contributed by atoms with Gasteiger partial charge in [-0.05, 0) is 68.9 Å². The van der Waals surface area contributed by atoms with Crippen molar-refractivity contribution in [2.24, 2.45) is 11.1 Å². The van der Waals surface area contributed by atoms with E-state index in [0.29, 0.717) is 16.6 Å². The largest absolute Gasteiger partial charge is 0.413 e. The Kier molecular flexibility index (Phi) is 18.0. The van der Waals surface area contributed by atoms with Crippen molar-refractivity contribution in [3.63, 3.8) is 0 Å². The van der Waals surface area contributed by atoms with Crippen LogP contribution in [-0.4, -0.2) is 45.5 Å². The lowest BCUT2D eigenvalue weighted by Gasteiger charge is -2.44. The third-order valence-corrected chi connectivity index (χ3v) is 13.3. The Bertz CT molecular complexity index is 493. The van der Waals surface area contributed by atoms with E-state index in [1.807, 2.05) is 0 Å². The number of piperidine rings is 1. The van der Waals surface area contributed by atoms with Crippen molar-refractivity contribution in [3.8, 4) is 0 Å². The van der Waals surface area contributed by atoms with Crippen molar-refractivity contribution in [3.05, 3.63) is 0 Å². The lowest BCUT2D eigenvalue weighted by molar-refractivity contribution is 0.0665. The van der Waals surface area contributed by atoms with E-state index < -0.39 is 8.32 Å². The van der Waals surface area contributed by atoms with Crippen molar-refractivity contribution >= 4 is 20.7 Å². The fourth-order valence-corrected chi connectivity index (χ4v) is 7.51. The first-order chi connectivity index (χ1) is 15.6. The van der Waals surface area contributed by atoms with E-state index in [2.05, 4.69) is 52.6 Å². The van der Waals surface area contributed by atoms with Crippen LogP contribution in [-0.2, 0) is 4.43 Å². The van der Waals surface area contributed by atoms with Gasteiger partial charge in [0.15, 0.2) is 8.32 Å². The fraction of sp³-hybridized carbons (Fsp3) is 1.00. The molecule has 0 saturated carbocycles. The van der Waals surface area contributed by atoms with Crippen LogP contribution in [0.4, 0.5) is 0 Å². The Hall–Kier alpha value is 0.387. The molecule has 2 N–H and O–H groups in total. The smallest absolute Gasteiger partial charge is 0.192 e. The highest BCUT2D eigenvalue weighted by Crippen LogP contribution is 2.43. The van der Waals surface area contributed by atoms with Gasteiger partial charge in [0.1, 0.15) is 0 Å². The van der Waals surface area contributed by atoms with Gasteiger partial charge in [0.2, 0.25) is 0 Å². The van der Waals surface area contributed by atoms with Gasteiger partial charge in [-0.3, -0.25) is 0 Å². The molecule has 0 amide bonds. The maximum Gasteiger partial charge on any atom is 0.192 e. The molecular formula is C29H63ClN2OSi. The molecule has 206 valence electrons. The highest BCUT2D eigenvalue weighted by molar-refractivity contribution is 6.74. The Morgan fingerprint density at radius 1 is 0.882 bits per heavy atom. The van der Waals surface area contributed by atoms with Gasteiger partial charge in [-0.2, -0.15) is 0 Å². The van der Waals surface area contributed by atoms with E-state index in [-0.39, 0.29) is 12.4 Å². The number of hydrogen-bond acceptors (Lipinski definition) is 3. The molecule has 1 fully saturated rings. The van der Waals surface area contributed by atoms with Crippen LogP contribution in [0.15, 0.2) is 0 Å². The summed E-state index contributed by atoms with van der Waals surface area (Å²) in [5.41, 5.74) is 6.40. The first kappa shape index (κ1) is 34.4.